The molecule has 2 aromatic carbocycles. The zero-order chi connectivity index (χ0) is 19.9. The van der Waals surface area contributed by atoms with Crippen LogP contribution in [0.4, 0.5) is 5.69 Å². The second-order valence-corrected chi connectivity index (χ2v) is 6.74. The van der Waals surface area contributed by atoms with Crippen LogP contribution in [0.3, 0.4) is 0 Å². The fourth-order valence-corrected chi connectivity index (χ4v) is 3.37. The van der Waals surface area contributed by atoms with Crippen molar-refractivity contribution in [1.82, 2.24) is 9.80 Å². The van der Waals surface area contributed by atoms with E-state index in [1.165, 1.54) is 5.56 Å². The van der Waals surface area contributed by atoms with E-state index >= 15 is 0 Å². The Balaban J connectivity index is 1.69. The van der Waals surface area contributed by atoms with Crippen molar-refractivity contribution in [3.05, 3.63) is 53.6 Å². The molecule has 1 saturated heterocycles. The molecule has 1 heterocycles. The van der Waals surface area contributed by atoms with Crippen LogP contribution < -0.4 is 9.47 Å². The van der Waals surface area contributed by atoms with Crippen LogP contribution in [0.5, 0.6) is 11.5 Å². The summed E-state index contributed by atoms with van der Waals surface area (Å²) >= 11 is 0. The number of amidine groups is 1. The highest BCUT2D eigenvalue weighted by Gasteiger charge is 2.18. The summed E-state index contributed by atoms with van der Waals surface area (Å²) in [4.78, 5) is 9.43. The van der Waals surface area contributed by atoms with Crippen molar-refractivity contribution < 1.29 is 9.47 Å². The van der Waals surface area contributed by atoms with E-state index < -0.39 is 0 Å². The zero-order valence-electron chi connectivity index (χ0n) is 16.7. The van der Waals surface area contributed by atoms with E-state index in [0.717, 1.165) is 38.6 Å². The van der Waals surface area contributed by atoms with Crippen molar-refractivity contribution in [3.8, 4) is 17.6 Å². The average Bonchev–Trinajstić information content (AvgIpc) is 2.74. The van der Waals surface area contributed by atoms with Crippen LogP contribution in [-0.4, -0.2) is 56.0 Å². The quantitative estimate of drug-likeness (QED) is 0.589. The number of hydrogen-bond donors (Lipinski definition) is 0. The minimum absolute atomic E-state index is 0.472. The lowest BCUT2D eigenvalue weighted by Gasteiger charge is -2.35. The van der Waals surface area contributed by atoms with Crippen LogP contribution >= 0.6 is 0 Å². The summed E-state index contributed by atoms with van der Waals surface area (Å²) in [5, 5.41) is 9.46. The Morgan fingerprint density at radius 2 is 1.68 bits per heavy atom. The predicted molar refractivity (Wildman–Crippen MR) is 110 cm³/mol. The second-order valence-electron chi connectivity index (χ2n) is 6.74. The first-order chi connectivity index (χ1) is 13.6. The highest BCUT2D eigenvalue weighted by molar-refractivity contribution is 5.84. The average molecular weight is 378 g/mol. The molecule has 6 heteroatoms. The molecule has 1 fully saturated rings. The van der Waals surface area contributed by atoms with E-state index in [9.17, 15) is 5.26 Å². The summed E-state index contributed by atoms with van der Waals surface area (Å²) in [6, 6.07) is 16.2. The van der Waals surface area contributed by atoms with Crippen LogP contribution in [0.2, 0.25) is 0 Å². The second kappa shape index (κ2) is 9.25. The fourth-order valence-electron chi connectivity index (χ4n) is 3.37. The molecule has 3 rings (SSSR count). The number of methoxy groups -OCH3 is 2. The third-order valence-electron chi connectivity index (χ3n) is 4.98. The molecular weight excluding hydrogens is 352 g/mol. The van der Waals surface area contributed by atoms with Gasteiger partial charge in [0.05, 0.1) is 25.5 Å². The van der Waals surface area contributed by atoms with Gasteiger partial charge in [0.15, 0.2) is 11.5 Å². The molecule has 0 saturated carbocycles. The van der Waals surface area contributed by atoms with Crippen molar-refractivity contribution in [2.45, 2.75) is 13.5 Å². The van der Waals surface area contributed by atoms with Gasteiger partial charge in [-0.3, -0.25) is 4.90 Å². The number of hydrogen-bond acceptors (Lipinski definition) is 5. The standard InChI is InChI=1S/C22H26N4O2/c1-17(24-20-14-22(28-3)21(27-2)13-19(20)15-23)26-11-9-25(10-12-26)16-18-7-5-4-6-8-18/h4-8,13-14H,9-12,16H2,1-3H3. The van der Waals surface area contributed by atoms with Crippen molar-refractivity contribution in [1.29, 1.82) is 5.26 Å². The largest absolute Gasteiger partial charge is 0.493 e. The first-order valence-electron chi connectivity index (χ1n) is 9.37. The first kappa shape index (κ1) is 19.7. The third-order valence-corrected chi connectivity index (χ3v) is 4.98. The lowest BCUT2D eigenvalue weighted by molar-refractivity contribution is 0.175. The SMILES string of the molecule is COc1cc(C#N)c(N=C(C)N2CCN(Cc3ccccc3)CC2)cc1OC. The molecule has 1 aliphatic heterocycles. The fraction of sp³-hybridized carbons (Fsp3) is 0.364. The van der Waals surface area contributed by atoms with E-state index in [1.54, 1.807) is 26.4 Å². The molecule has 0 amide bonds. The monoisotopic (exact) mass is 378 g/mol. The molecule has 0 bridgehead atoms. The lowest BCUT2D eigenvalue weighted by atomic mass is 10.1. The number of ether oxygens (including phenoxy) is 2. The predicted octanol–water partition coefficient (Wildman–Crippen LogP) is 3.44. The van der Waals surface area contributed by atoms with Gasteiger partial charge in [-0.05, 0) is 12.5 Å². The van der Waals surface area contributed by atoms with Gasteiger partial charge in [-0.1, -0.05) is 30.3 Å². The summed E-state index contributed by atoms with van der Waals surface area (Å²) in [5.41, 5.74) is 2.41. The van der Waals surface area contributed by atoms with Crippen molar-refractivity contribution in [2.75, 3.05) is 40.4 Å². The molecule has 0 radical (unpaired) electrons. The highest BCUT2D eigenvalue weighted by Crippen LogP contribution is 2.34. The van der Waals surface area contributed by atoms with Gasteiger partial charge in [-0.2, -0.15) is 5.26 Å². The zero-order valence-corrected chi connectivity index (χ0v) is 16.7. The maximum Gasteiger partial charge on any atom is 0.162 e. The molecular formula is C22H26N4O2. The summed E-state index contributed by atoms with van der Waals surface area (Å²) < 4.78 is 10.6. The maximum atomic E-state index is 9.46. The molecule has 0 spiro atoms. The van der Waals surface area contributed by atoms with Gasteiger partial charge in [0.25, 0.3) is 0 Å². The first-order valence-corrected chi connectivity index (χ1v) is 9.37. The number of rotatable bonds is 5. The van der Waals surface area contributed by atoms with Crippen molar-refractivity contribution in [3.63, 3.8) is 0 Å². The van der Waals surface area contributed by atoms with Gasteiger partial charge in [0, 0.05) is 44.9 Å². The molecule has 6 nitrogen and oxygen atoms in total. The number of nitrogens with zero attached hydrogens (tertiary/aromatic N) is 4. The molecule has 0 unspecified atom stereocenters. The van der Waals surface area contributed by atoms with Crippen molar-refractivity contribution >= 4 is 11.5 Å². The Labute approximate surface area is 166 Å². The number of nitriles is 1. The van der Waals surface area contributed by atoms with Gasteiger partial charge in [0.1, 0.15) is 11.9 Å². The van der Waals surface area contributed by atoms with Crippen LogP contribution in [0.15, 0.2) is 47.5 Å². The Morgan fingerprint density at radius 3 is 2.29 bits per heavy atom. The van der Waals surface area contributed by atoms with Crippen LogP contribution in [0.25, 0.3) is 0 Å². The Bertz CT molecular complexity index is 866. The molecule has 0 atom stereocenters. The number of aliphatic imine (C=N–C) groups is 1. The van der Waals surface area contributed by atoms with E-state index in [-0.39, 0.29) is 0 Å². The third kappa shape index (κ3) is 4.62. The molecule has 146 valence electrons. The van der Waals surface area contributed by atoms with E-state index in [1.807, 2.05) is 13.0 Å². The van der Waals surface area contributed by atoms with Gasteiger partial charge in [-0.25, -0.2) is 4.99 Å². The Morgan fingerprint density at radius 1 is 1.04 bits per heavy atom. The van der Waals surface area contributed by atoms with Crippen LogP contribution in [0, 0.1) is 11.3 Å². The Kier molecular flexibility index (Phi) is 6.51. The minimum atomic E-state index is 0.472. The van der Waals surface area contributed by atoms with Crippen LogP contribution in [0.1, 0.15) is 18.1 Å². The minimum Gasteiger partial charge on any atom is -0.493 e. The maximum absolute atomic E-state index is 9.46. The summed E-state index contributed by atoms with van der Waals surface area (Å²) in [7, 11) is 3.14. The van der Waals surface area contributed by atoms with E-state index in [4.69, 9.17) is 14.5 Å². The Hall–Kier alpha value is -3.04. The molecule has 1 aliphatic rings. The molecule has 28 heavy (non-hydrogen) atoms. The van der Waals surface area contributed by atoms with Gasteiger partial charge in [-0.15, -0.1) is 0 Å². The van der Waals surface area contributed by atoms with Gasteiger partial charge in [0.2, 0.25) is 0 Å². The number of benzene rings is 2. The van der Waals surface area contributed by atoms with E-state index in [0.29, 0.717) is 22.7 Å². The van der Waals surface area contributed by atoms with Crippen molar-refractivity contribution in [2.24, 2.45) is 4.99 Å². The smallest absolute Gasteiger partial charge is 0.162 e. The van der Waals surface area contributed by atoms with E-state index in [2.05, 4.69) is 40.1 Å². The molecule has 0 aliphatic carbocycles. The van der Waals surface area contributed by atoms with Gasteiger partial charge >= 0.3 is 0 Å². The summed E-state index contributed by atoms with van der Waals surface area (Å²) in [6.07, 6.45) is 0. The lowest BCUT2D eigenvalue weighted by Crippen LogP contribution is -2.47. The number of piperazine rings is 1. The highest BCUT2D eigenvalue weighted by atomic mass is 16.5. The normalized spacial score (nSPS) is 15.2. The molecule has 2 aromatic rings. The summed E-state index contributed by atoms with van der Waals surface area (Å²) in [6.45, 7) is 6.76. The van der Waals surface area contributed by atoms with Gasteiger partial charge < -0.3 is 14.4 Å². The summed E-state index contributed by atoms with van der Waals surface area (Å²) in [5.74, 6) is 2.01. The molecule has 0 N–H and O–H groups in total. The molecule has 0 aromatic heterocycles. The van der Waals surface area contributed by atoms with Crippen LogP contribution in [-0.2, 0) is 6.54 Å². The topological polar surface area (TPSA) is 61.1 Å².